The third-order valence-electron chi connectivity index (χ3n) is 6.34. The molecule has 0 atom stereocenters. The van der Waals surface area contributed by atoms with Crippen LogP contribution < -0.4 is 11.1 Å². The van der Waals surface area contributed by atoms with Crippen molar-refractivity contribution in [1.82, 2.24) is 10.3 Å². The van der Waals surface area contributed by atoms with Gasteiger partial charge in [0.2, 0.25) is 5.91 Å². The molecular weight excluding hydrogens is 604 g/mol. The lowest BCUT2D eigenvalue weighted by Gasteiger charge is -2.15. The van der Waals surface area contributed by atoms with Gasteiger partial charge in [0.25, 0.3) is 0 Å². The maximum absolute atomic E-state index is 12.5. The summed E-state index contributed by atoms with van der Waals surface area (Å²) in [7, 11) is 1.50. The van der Waals surface area contributed by atoms with Gasteiger partial charge in [0.05, 0.1) is 22.6 Å². The number of aryl methyl sites for hydroxylation is 1. The molecule has 3 aromatic rings. The van der Waals surface area contributed by atoms with Crippen LogP contribution in [-0.4, -0.2) is 24.0 Å². The van der Waals surface area contributed by atoms with Gasteiger partial charge in [-0.2, -0.15) is 26.3 Å². The monoisotopic (exact) mass is 643 g/mol. The number of nitrogens with zero attached hydrogens (tertiary/aromatic N) is 1. The molecule has 0 spiro atoms. The first-order chi connectivity index (χ1) is 20.7. The lowest BCUT2D eigenvalue weighted by molar-refractivity contribution is -0.141. The summed E-state index contributed by atoms with van der Waals surface area (Å²) in [6, 6.07) is 15.8. The van der Waals surface area contributed by atoms with Gasteiger partial charge in [-0.25, -0.2) is 0 Å². The molecular formula is C33H40ClF6N3O. The number of rotatable bonds is 6. The maximum atomic E-state index is 12.5. The summed E-state index contributed by atoms with van der Waals surface area (Å²) in [6.07, 6.45) is -0.334. The molecule has 1 saturated carbocycles. The first-order valence-electron chi connectivity index (χ1n) is 14.2. The van der Waals surface area contributed by atoms with Gasteiger partial charge >= 0.3 is 12.4 Å². The number of pyridine rings is 1. The van der Waals surface area contributed by atoms with E-state index in [0.717, 1.165) is 18.5 Å². The summed E-state index contributed by atoms with van der Waals surface area (Å²) in [5.74, 6) is 0.0572. The summed E-state index contributed by atoms with van der Waals surface area (Å²) in [5.41, 5.74) is 3.87. The summed E-state index contributed by atoms with van der Waals surface area (Å²) >= 11 is 5.72. The first kappa shape index (κ1) is 38.7. The molecule has 1 heterocycles. The number of amides is 1. The van der Waals surface area contributed by atoms with Crippen molar-refractivity contribution in [1.29, 1.82) is 0 Å². The van der Waals surface area contributed by atoms with Crippen LogP contribution in [0.25, 0.3) is 5.57 Å². The number of aromatic nitrogens is 1. The van der Waals surface area contributed by atoms with E-state index in [4.69, 9.17) is 11.6 Å². The highest BCUT2D eigenvalue weighted by atomic mass is 35.5. The molecule has 1 fully saturated rings. The molecule has 1 aromatic heterocycles. The Bertz CT molecular complexity index is 1270. The van der Waals surface area contributed by atoms with Gasteiger partial charge in [-0.1, -0.05) is 80.3 Å². The fourth-order valence-electron chi connectivity index (χ4n) is 4.28. The molecule has 242 valence electrons. The van der Waals surface area contributed by atoms with Crippen molar-refractivity contribution >= 4 is 23.1 Å². The van der Waals surface area contributed by atoms with Crippen LogP contribution in [0.5, 0.6) is 0 Å². The van der Waals surface area contributed by atoms with Gasteiger partial charge in [-0.15, -0.1) is 0 Å². The average molecular weight is 644 g/mol. The Hall–Kier alpha value is -3.37. The number of hydrogen-bond acceptors (Lipinski definition) is 3. The van der Waals surface area contributed by atoms with Crippen LogP contribution in [0.4, 0.5) is 26.3 Å². The summed E-state index contributed by atoms with van der Waals surface area (Å²) in [4.78, 5) is 15.8. The van der Waals surface area contributed by atoms with E-state index in [-0.39, 0.29) is 11.5 Å². The minimum atomic E-state index is -4.70. The number of alkyl halides is 6. The molecule has 4 rings (SSSR count). The van der Waals surface area contributed by atoms with E-state index < -0.39 is 29.0 Å². The topological polar surface area (TPSA) is 68.0 Å². The maximum Gasteiger partial charge on any atom is 0.416 e. The highest BCUT2D eigenvalue weighted by molar-refractivity contribution is 6.30. The van der Waals surface area contributed by atoms with E-state index >= 15 is 0 Å². The Labute approximate surface area is 260 Å². The molecule has 1 amide bonds. The molecule has 1 aliphatic rings. The van der Waals surface area contributed by atoms with Crippen molar-refractivity contribution in [2.24, 2.45) is 5.73 Å². The van der Waals surface area contributed by atoms with Gasteiger partial charge in [-0.05, 0) is 74.7 Å². The van der Waals surface area contributed by atoms with Crippen molar-refractivity contribution in [2.75, 3.05) is 7.05 Å². The van der Waals surface area contributed by atoms with Crippen molar-refractivity contribution in [2.45, 2.75) is 77.2 Å². The predicted molar refractivity (Wildman–Crippen MR) is 165 cm³/mol. The summed E-state index contributed by atoms with van der Waals surface area (Å²) < 4.78 is 74.6. The van der Waals surface area contributed by atoms with Gasteiger partial charge in [0.1, 0.15) is 0 Å². The van der Waals surface area contributed by atoms with Gasteiger partial charge in [-0.3, -0.25) is 9.78 Å². The van der Waals surface area contributed by atoms with Crippen LogP contribution in [0.15, 0.2) is 73.4 Å². The van der Waals surface area contributed by atoms with Crippen LogP contribution in [0.3, 0.4) is 0 Å². The quantitative estimate of drug-likeness (QED) is 0.263. The molecule has 44 heavy (non-hydrogen) atoms. The van der Waals surface area contributed by atoms with Crippen LogP contribution >= 0.6 is 11.6 Å². The van der Waals surface area contributed by atoms with E-state index in [1.165, 1.54) is 45.2 Å². The van der Waals surface area contributed by atoms with E-state index in [1.54, 1.807) is 18.3 Å². The lowest BCUT2D eigenvalue weighted by atomic mass is 9.98. The Balaban J connectivity index is 0.000000334. The minimum absolute atomic E-state index is 0.0572. The molecule has 0 bridgehead atoms. The van der Waals surface area contributed by atoms with E-state index in [1.807, 2.05) is 0 Å². The number of carbonyl (C=O) groups is 1. The van der Waals surface area contributed by atoms with E-state index in [0.29, 0.717) is 35.7 Å². The molecule has 4 nitrogen and oxygen atoms in total. The second-order valence-electron chi connectivity index (χ2n) is 9.97. The number of hydrogen-bond donors (Lipinski definition) is 2. The second kappa shape index (κ2) is 19.1. The molecule has 0 aliphatic heterocycles. The number of nitrogens with one attached hydrogen (secondary N) is 1. The van der Waals surface area contributed by atoms with Crippen LogP contribution in [0.2, 0.25) is 5.02 Å². The fraction of sp³-hybridized carbons (Fsp3) is 0.394. The SMILES string of the molecule is C=C(C)c1cc(C(F)(F)F)ccc1C(F)(F)F.CCCc1ccccc1.CN.O=C(Cc1ccc(Cl)cn1)NC1CCCC1. The standard InChI is InChI=1S/C12H15ClN2O.C11H8F6.C9H12.CH5N/c13-9-5-6-11(14-8-9)7-12(16)15-10-3-1-2-4-10;1-6(2)8-5-7(10(12,13)14)3-4-9(8)11(15,16)17;1-2-6-9-7-4-3-5-8-9;1-2/h5-6,8,10H,1-4,7H2,(H,15,16);3-5H,1H2,2H3;3-5,7-8H,2,6H2,1H3;2H2,1H3. The van der Waals surface area contributed by atoms with Crippen LogP contribution in [0, 0.1) is 0 Å². The Morgan fingerprint density at radius 2 is 1.59 bits per heavy atom. The molecule has 3 N–H and O–H groups in total. The molecule has 11 heteroatoms. The highest BCUT2D eigenvalue weighted by Gasteiger charge is 2.37. The number of halogens is 7. The van der Waals surface area contributed by atoms with E-state index in [9.17, 15) is 31.1 Å². The Morgan fingerprint density at radius 1 is 0.977 bits per heavy atom. The smallest absolute Gasteiger partial charge is 0.353 e. The van der Waals surface area contributed by atoms with Crippen molar-refractivity contribution in [3.05, 3.63) is 106 Å². The minimum Gasteiger partial charge on any atom is -0.353 e. The number of benzene rings is 2. The molecule has 0 unspecified atom stereocenters. The predicted octanol–water partition coefficient (Wildman–Crippen LogP) is 9.31. The lowest BCUT2D eigenvalue weighted by Crippen LogP contribution is -2.33. The van der Waals surface area contributed by atoms with Crippen LogP contribution in [0.1, 0.15) is 73.9 Å². The van der Waals surface area contributed by atoms with Crippen molar-refractivity contribution < 1.29 is 31.1 Å². The zero-order valence-corrected chi connectivity index (χ0v) is 25.9. The zero-order valence-electron chi connectivity index (χ0n) is 25.2. The summed E-state index contributed by atoms with van der Waals surface area (Å²) in [5, 5.41) is 3.63. The normalized spacial score (nSPS) is 12.9. The Morgan fingerprint density at radius 3 is 2.07 bits per heavy atom. The van der Waals surface area contributed by atoms with Gasteiger partial charge < -0.3 is 11.1 Å². The third kappa shape index (κ3) is 14.4. The molecule has 1 aliphatic carbocycles. The largest absolute Gasteiger partial charge is 0.416 e. The number of nitrogens with two attached hydrogens (primary N) is 1. The highest BCUT2D eigenvalue weighted by Crippen LogP contribution is 2.38. The van der Waals surface area contributed by atoms with Crippen molar-refractivity contribution in [3.63, 3.8) is 0 Å². The number of allylic oxidation sites excluding steroid dienone is 1. The molecule has 0 saturated heterocycles. The summed E-state index contributed by atoms with van der Waals surface area (Å²) in [6.45, 7) is 6.68. The number of carbonyl (C=O) groups excluding carboxylic acids is 1. The third-order valence-corrected chi connectivity index (χ3v) is 6.57. The zero-order chi connectivity index (χ0) is 33.3. The van der Waals surface area contributed by atoms with Gasteiger partial charge in [0.15, 0.2) is 0 Å². The first-order valence-corrected chi connectivity index (χ1v) is 14.5. The molecule has 2 aromatic carbocycles. The molecule has 0 radical (unpaired) electrons. The van der Waals surface area contributed by atoms with Gasteiger partial charge in [0, 0.05) is 17.9 Å². The fourth-order valence-corrected chi connectivity index (χ4v) is 4.39. The Kier molecular flexibility index (Phi) is 16.8. The van der Waals surface area contributed by atoms with Crippen molar-refractivity contribution in [3.8, 4) is 0 Å². The van der Waals surface area contributed by atoms with E-state index in [2.05, 4.69) is 59.9 Å². The second-order valence-corrected chi connectivity index (χ2v) is 10.4. The average Bonchev–Trinajstić information content (AvgIpc) is 3.48. The van der Waals surface area contributed by atoms with Crippen LogP contribution in [-0.2, 0) is 30.0 Å².